The maximum Gasteiger partial charge on any atom is 0.145 e. The minimum atomic E-state index is 0.482. The molecule has 1 heterocycles. The zero-order valence-electron chi connectivity index (χ0n) is 43.6. The zero-order valence-corrected chi connectivity index (χ0v) is 43.6. The predicted molar refractivity (Wildman–Crippen MR) is 359 cm³/mol. The molecule has 1 aliphatic carbocycles. The Labute approximate surface area is 399 Å². The summed E-state index contributed by atoms with van der Waals surface area (Å²) < 4.78 is 7.47. The quantitative estimate of drug-likeness (QED) is 0.129. The summed E-state index contributed by atoms with van der Waals surface area (Å²) >= 11 is 0. The van der Waals surface area contributed by atoms with Gasteiger partial charge in [-0.05, 0) is 60.4 Å². The Morgan fingerprint density at radius 1 is 0.238 bits per heavy atom. The standard InChI is InChI=1S/C38H50B24O/c39-13-3-1(4-6(16(42)28(54)26(52)14(4)40)2(5(3)15(41)27(53)25(13)51)9-19(45)29(55)34(60)30(56)20(9)46)7-8-12-23(49)18(44)11(10-21(47)31(57)35(61)32(58)22(10)48)24(50)38(12)63-37(8)36(62)33(59)17(7)43/h31,35H,39-62H2. The van der Waals surface area contributed by atoms with Gasteiger partial charge in [-0.25, -0.2) is 0 Å². The van der Waals surface area contributed by atoms with E-state index in [4.69, 9.17) is 4.42 Å². The smallest absolute Gasteiger partial charge is 0.145 e. The van der Waals surface area contributed by atoms with Crippen LogP contribution < -0.4 is 104 Å². The summed E-state index contributed by atoms with van der Waals surface area (Å²) in [6.45, 7) is 0. The Hall–Kier alpha value is -3.32. The summed E-state index contributed by atoms with van der Waals surface area (Å²) in [7, 11) is 56.8. The topological polar surface area (TPSA) is 13.1 Å². The van der Waals surface area contributed by atoms with E-state index in [1.54, 1.807) is 0 Å². The van der Waals surface area contributed by atoms with E-state index in [1.807, 2.05) is 0 Å². The molecule has 1 nitrogen and oxygen atoms in total. The van der Waals surface area contributed by atoms with Gasteiger partial charge in [-0.3, -0.25) is 0 Å². The first-order valence-corrected chi connectivity index (χ1v) is 23.7. The molecule has 8 rings (SSSR count). The Bertz CT molecular complexity index is 3290. The van der Waals surface area contributed by atoms with Crippen molar-refractivity contribution in [3.05, 3.63) is 22.0 Å². The van der Waals surface area contributed by atoms with E-state index in [1.165, 1.54) is 186 Å². The molecule has 2 atom stereocenters. The fourth-order valence-corrected chi connectivity index (χ4v) is 12.5. The van der Waals surface area contributed by atoms with Crippen molar-refractivity contribution < 1.29 is 4.42 Å². The molecule has 0 saturated carbocycles. The van der Waals surface area contributed by atoms with E-state index in [-0.39, 0.29) is 0 Å². The van der Waals surface area contributed by atoms with Crippen LogP contribution in [0.25, 0.3) is 71.3 Å². The molecular weight excluding hydrogens is 732 g/mol. The molecule has 0 radical (unpaired) electrons. The van der Waals surface area contributed by atoms with Gasteiger partial charge in [-0.1, -0.05) is 77.2 Å². The van der Waals surface area contributed by atoms with Gasteiger partial charge in [-0.2, -0.15) is 0 Å². The van der Waals surface area contributed by atoms with E-state index >= 15 is 0 Å². The minimum Gasteiger partial charge on any atom is -0.457 e. The molecular formula is C38H50B24O. The summed E-state index contributed by atoms with van der Waals surface area (Å²) in [4.78, 5) is 0. The Morgan fingerprint density at radius 3 is 0.984 bits per heavy atom. The summed E-state index contributed by atoms with van der Waals surface area (Å²) in [6, 6.07) is 0. The van der Waals surface area contributed by atoms with Crippen LogP contribution in [0, 0.1) is 0 Å². The maximum absolute atomic E-state index is 7.47. The average Bonchev–Trinajstić information content (AvgIpc) is 3.66. The second kappa shape index (κ2) is 15.7. The zero-order chi connectivity index (χ0) is 46.6. The van der Waals surface area contributed by atoms with Crippen molar-refractivity contribution in [2.24, 2.45) is 0 Å². The van der Waals surface area contributed by atoms with Crippen molar-refractivity contribution in [3.8, 4) is 22.3 Å². The lowest BCUT2D eigenvalue weighted by Gasteiger charge is -2.35. The fraction of sp³-hybridized carbons (Fsp3) is 0.0526. The van der Waals surface area contributed by atoms with Crippen LogP contribution >= 0.6 is 0 Å². The van der Waals surface area contributed by atoms with Crippen molar-refractivity contribution in [2.45, 2.75) is 11.6 Å². The second-order valence-corrected chi connectivity index (χ2v) is 20.7. The van der Waals surface area contributed by atoms with Crippen LogP contribution in [-0.2, 0) is 0 Å². The highest BCUT2D eigenvalue weighted by atomic mass is 16.3. The lowest BCUT2D eigenvalue weighted by atomic mass is 9.46. The van der Waals surface area contributed by atoms with Crippen LogP contribution in [-0.4, -0.2) is 188 Å². The highest BCUT2D eigenvalue weighted by Crippen LogP contribution is 2.45. The number of hydrogen-bond donors (Lipinski definition) is 0. The second-order valence-electron chi connectivity index (χ2n) is 20.7. The first kappa shape index (κ1) is 46.2. The van der Waals surface area contributed by atoms with E-state index < -0.39 is 0 Å². The third-order valence-electron chi connectivity index (χ3n) is 18.6. The monoisotopic (exact) mass is 787 g/mol. The van der Waals surface area contributed by atoms with Crippen LogP contribution in [0.5, 0.6) is 0 Å². The van der Waals surface area contributed by atoms with Gasteiger partial charge in [0.15, 0.2) is 0 Å². The lowest BCUT2D eigenvalue weighted by molar-refractivity contribution is 0.674. The van der Waals surface area contributed by atoms with Gasteiger partial charge in [0.2, 0.25) is 0 Å². The molecule has 0 N–H and O–H groups in total. The summed E-state index contributed by atoms with van der Waals surface area (Å²) in [5, 5.41) is 8.15. The number of allylic oxidation sites excluding steroid dienone is 4. The van der Waals surface area contributed by atoms with E-state index in [0.717, 1.165) is 11.2 Å². The number of benzene rings is 6. The third-order valence-corrected chi connectivity index (χ3v) is 18.6. The molecule has 63 heavy (non-hydrogen) atoms. The Kier molecular flexibility index (Phi) is 11.5. The summed E-state index contributed by atoms with van der Waals surface area (Å²) in [5.41, 5.74) is 40.7. The summed E-state index contributed by atoms with van der Waals surface area (Å²) in [6.07, 6.45) is 0. The molecule has 0 saturated heterocycles. The highest BCUT2D eigenvalue weighted by Gasteiger charge is 2.33. The van der Waals surface area contributed by atoms with Crippen molar-refractivity contribution in [2.75, 3.05) is 0 Å². The van der Waals surface area contributed by atoms with E-state index in [0.29, 0.717) is 11.6 Å². The Morgan fingerprint density at radius 2 is 0.540 bits per heavy atom. The van der Waals surface area contributed by atoms with Gasteiger partial charge in [0.05, 0.1) is 0 Å². The molecule has 0 fully saturated rings. The molecule has 7 aromatic rings. The SMILES string of the molecule is BC1=C(B)C(B)C(B)C(B)=C1c1c(B)c(B)c2c(oc3c(B)c(B)c(B)c(-c4c5c(B)c(B)c(B)c(B)c5c(-c5c(B)c(B)c(B)c(B)c5B)c5c(B)c(B)c(B)c(B)c45)c32)c1B. The molecule has 0 aliphatic heterocycles. The molecule has 0 amide bonds. The largest absolute Gasteiger partial charge is 0.457 e. The molecule has 1 aromatic heterocycles. The fourth-order valence-electron chi connectivity index (χ4n) is 12.5. The van der Waals surface area contributed by atoms with E-state index in [9.17, 15) is 0 Å². The summed E-state index contributed by atoms with van der Waals surface area (Å²) in [5.74, 6) is 1.01. The van der Waals surface area contributed by atoms with Gasteiger partial charge in [0, 0.05) is 10.8 Å². The lowest BCUT2D eigenvalue weighted by Crippen LogP contribution is -2.55. The molecule has 1 aliphatic rings. The number of furan rings is 1. The van der Waals surface area contributed by atoms with Crippen molar-refractivity contribution in [1.82, 2.24) is 0 Å². The molecule has 25 heteroatoms. The first-order valence-electron chi connectivity index (χ1n) is 23.7. The molecule has 0 spiro atoms. The highest BCUT2D eigenvalue weighted by molar-refractivity contribution is 6.75. The van der Waals surface area contributed by atoms with Gasteiger partial charge in [0.25, 0.3) is 0 Å². The van der Waals surface area contributed by atoms with Crippen molar-refractivity contribution in [3.63, 3.8) is 0 Å². The minimum absolute atomic E-state index is 0.482. The van der Waals surface area contributed by atoms with Crippen LogP contribution in [0.3, 0.4) is 0 Å². The maximum atomic E-state index is 7.47. The van der Waals surface area contributed by atoms with Crippen LogP contribution in [0.4, 0.5) is 0 Å². The Balaban J connectivity index is 1.72. The van der Waals surface area contributed by atoms with Crippen LogP contribution in [0.2, 0.25) is 11.6 Å². The molecule has 0 bridgehead atoms. The first-order chi connectivity index (χ1) is 29.3. The van der Waals surface area contributed by atoms with Crippen molar-refractivity contribution in [1.29, 1.82) is 0 Å². The molecule has 280 valence electrons. The molecule has 2 unspecified atom stereocenters. The van der Waals surface area contributed by atoms with Gasteiger partial charge < -0.3 is 4.42 Å². The predicted octanol–water partition coefficient (Wildman–Crippen LogP) is -27.2. The normalized spacial score (nSPS) is 15.7. The van der Waals surface area contributed by atoms with Crippen molar-refractivity contribution >= 4 is 341 Å². The average molecular weight is 782 g/mol. The third kappa shape index (κ3) is 6.04. The number of rotatable bonds is 3. The van der Waals surface area contributed by atoms with Crippen LogP contribution in [0.15, 0.2) is 20.8 Å². The molecule has 6 aromatic carbocycles. The van der Waals surface area contributed by atoms with Gasteiger partial charge in [0.1, 0.15) is 199 Å². The number of hydrogen-bond acceptors (Lipinski definition) is 1. The number of fused-ring (bicyclic) bond motifs is 5. The van der Waals surface area contributed by atoms with Gasteiger partial charge in [-0.15, -0.1) is 49.2 Å². The van der Waals surface area contributed by atoms with E-state index in [2.05, 4.69) is 188 Å². The van der Waals surface area contributed by atoms with Gasteiger partial charge >= 0.3 is 0 Å². The van der Waals surface area contributed by atoms with Crippen LogP contribution in [0.1, 0.15) is 5.56 Å².